The maximum absolute atomic E-state index is 12.2. The number of hydrogen-bond donors (Lipinski definition) is 0. The van der Waals surface area contributed by atoms with E-state index in [4.69, 9.17) is 23.2 Å². The molecule has 0 radical (unpaired) electrons. The van der Waals surface area contributed by atoms with E-state index in [0.717, 1.165) is 4.90 Å². The summed E-state index contributed by atoms with van der Waals surface area (Å²) in [5.41, 5.74) is 0.343. The van der Waals surface area contributed by atoms with Gasteiger partial charge in [0.05, 0.1) is 10.7 Å². The zero-order valence-electron chi connectivity index (χ0n) is 10.7. The molecule has 0 bridgehead atoms. The van der Waals surface area contributed by atoms with E-state index in [1.807, 2.05) is 13.8 Å². The van der Waals surface area contributed by atoms with Crippen molar-refractivity contribution in [3.8, 4) is 0 Å². The molecule has 1 heterocycles. The summed E-state index contributed by atoms with van der Waals surface area (Å²) in [6.45, 7) is 4.61. The first-order chi connectivity index (χ1) is 8.90. The lowest BCUT2D eigenvalue weighted by Gasteiger charge is -2.19. The van der Waals surface area contributed by atoms with Gasteiger partial charge in [-0.25, -0.2) is 9.69 Å². The molecule has 3 amide bonds. The molecule has 0 N–H and O–H groups in total. The quantitative estimate of drug-likeness (QED) is 0.803. The van der Waals surface area contributed by atoms with Gasteiger partial charge in [0, 0.05) is 11.6 Å². The minimum Gasteiger partial charge on any atom is -0.314 e. The molecule has 1 aromatic rings. The largest absolute Gasteiger partial charge is 0.331 e. The van der Waals surface area contributed by atoms with E-state index >= 15 is 0 Å². The summed E-state index contributed by atoms with van der Waals surface area (Å²) in [5, 5.41) is 0.764. The van der Waals surface area contributed by atoms with Gasteiger partial charge in [-0.05, 0) is 24.1 Å². The second kappa shape index (κ2) is 5.39. The van der Waals surface area contributed by atoms with Crippen LogP contribution in [0, 0.1) is 5.92 Å². The number of anilines is 1. The van der Waals surface area contributed by atoms with Crippen LogP contribution in [0.1, 0.15) is 13.8 Å². The molecule has 1 aliphatic rings. The van der Waals surface area contributed by atoms with Crippen LogP contribution < -0.4 is 4.90 Å². The highest BCUT2D eigenvalue weighted by molar-refractivity contribution is 6.37. The third kappa shape index (κ3) is 2.85. The van der Waals surface area contributed by atoms with Crippen molar-refractivity contribution in [1.82, 2.24) is 4.90 Å². The van der Waals surface area contributed by atoms with Crippen LogP contribution in [0.5, 0.6) is 0 Å². The number of amides is 3. The summed E-state index contributed by atoms with van der Waals surface area (Å²) in [5.74, 6) is 0.0151. The summed E-state index contributed by atoms with van der Waals surface area (Å²) in [6, 6.07) is 4.37. The van der Waals surface area contributed by atoms with Crippen LogP contribution >= 0.6 is 23.2 Å². The zero-order valence-corrected chi connectivity index (χ0v) is 12.2. The van der Waals surface area contributed by atoms with Gasteiger partial charge >= 0.3 is 6.03 Å². The van der Waals surface area contributed by atoms with Gasteiger partial charge in [0.25, 0.3) is 5.91 Å². The van der Waals surface area contributed by atoms with Gasteiger partial charge in [0.1, 0.15) is 6.54 Å². The first-order valence-electron chi connectivity index (χ1n) is 5.97. The minimum atomic E-state index is -0.345. The number of halogens is 2. The van der Waals surface area contributed by atoms with E-state index in [9.17, 15) is 9.59 Å². The average molecular weight is 301 g/mol. The molecule has 1 fully saturated rings. The Bertz CT molecular complexity index is 531. The molecular weight excluding hydrogens is 287 g/mol. The van der Waals surface area contributed by atoms with E-state index in [1.165, 1.54) is 11.0 Å². The normalized spacial score (nSPS) is 15.8. The fourth-order valence-corrected chi connectivity index (χ4v) is 2.40. The number of carbonyl (C=O) groups excluding carboxylic acids is 2. The van der Waals surface area contributed by atoms with Crippen LogP contribution in [0.4, 0.5) is 10.5 Å². The standard InChI is InChI=1S/C13H14Cl2N2O2/c1-8(2)6-16-7-12(18)17(13(16)19)11-5-9(14)3-4-10(11)15/h3-5,8H,6-7H2,1-2H3. The first-order valence-corrected chi connectivity index (χ1v) is 6.72. The highest BCUT2D eigenvalue weighted by Crippen LogP contribution is 2.32. The zero-order chi connectivity index (χ0) is 14.2. The fraction of sp³-hybridized carbons (Fsp3) is 0.385. The lowest BCUT2D eigenvalue weighted by atomic mass is 10.2. The van der Waals surface area contributed by atoms with Gasteiger partial charge in [-0.15, -0.1) is 0 Å². The van der Waals surface area contributed by atoms with Gasteiger partial charge in [0.2, 0.25) is 0 Å². The van der Waals surface area contributed by atoms with Crippen molar-refractivity contribution in [2.75, 3.05) is 18.0 Å². The molecule has 6 heteroatoms. The van der Waals surface area contributed by atoms with Crippen molar-refractivity contribution >= 4 is 40.8 Å². The fourth-order valence-electron chi connectivity index (χ4n) is 2.03. The minimum absolute atomic E-state index is 0.0832. The Labute approximate surface area is 121 Å². The van der Waals surface area contributed by atoms with E-state index in [0.29, 0.717) is 28.2 Å². The Balaban J connectivity index is 2.32. The molecule has 0 spiro atoms. The van der Waals surface area contributed by atoms with Gasteiger partial charge in [0.15, 0.2) is 0 Å². The smallest absolute Gasteiger partial charge is 0.314 e. The number of imide groups is 1. The lowest BCUT2D eigenvalue weighted by molar-refractivity contribution is -0.116. The second-order valence-electron chi connectivity index (χ2n) is 4.88. The summed E-state index contributed by atoms with van der Waals surface area (Å²) in [6.07, 6.45) is 0. The second-order valence-corrected chi connectivity index (χ2v) is 5.73. The maximum Gasteiger partial charge on any atom is 0.331 e. The summed E-state index contributed by atoms with van der Waals surface area (Å²) < 4.78 is 0. The number of rotatable bonds is 3. The molecule has 0 unspecified atom stereocenters. The molecule has 0 atom stereocenters. The Morgan fingerprint density at radius 1 is 1.26 bits per heavy atom. The molecule has 2 rings (SSSR count). The monoisotopic (exact) mass is 300 g/mol. The maximum atomic E-state index is 12.2. The Morgan fingerprint density at radius 3 is 2.58 bits per heavy atom. The Kier molecular flexibility index (Phi) is 4.02. The molecule has 1 saturated heterocycles. The van der Waals surface area contributed by atoms with Crippen LogP contribution in [-0.4, -0.2) is 29.9 Å². The van der Waals surface area contributed by atoms with E-state index < -0.39 is 0 Å². The number of benzene rings is 1. The molecule has 102 valence electrons. The Morgan fingerprint density at radius 2 is 1.95 bits per heavy atom. The van der Waals surface area contributed by atoms with Crippen LogP contribution in [-0.2, 0) is 4.79 Å². The highest BCUT2D eigenvalue weighted by Gasteiger charge is 2.38. The van der Waals surface area contributed by atoms with Crippen molar-refractivity contribution in [1.29, 1.82) is 0 Å². The molecule has 0 aromatic heterocycles. The van der Waals surface area contributed by atoms with Gasteiger partial charge in [-0.1, -0.05) is 37.0 Å². The Hall–Kier alpha value is -1.26. The van der Waals surface area contributed by atoms with E-state index in [-0.39, 0.29) is 18.5 Å². The molecule has 1 aromatic carbocycles. The molecule has 0 saturated carbocycles. The first kappa shape index (κ1) is 14.2. The number of hydrogen-bond acceptors (Lipinski definition) is 2. The van der Waals surface area contributed by atoms with E-state index in [1.54, 1.807) is 12.1 Å². The van der Waals surface area contributed by atoms with Gasteiger partial charge in [-0.2, -0.15) is 0 Å². The van der Waals surface area contributed by atoms with Crippen LogP contribution in [0.15, 0.2) is 18.2 Å². The van der Waals surface area contributed by atoms with Crippen LogP contribution in [0.2, 0.25) is 10.0 Å². The van der Waals surface area contributed by atoms with Crippen LogP contribution in [0.25, 0.3) is 0 Å². The van der Waals surface area contributed by atoms with Crippen LogP contribution in [0.3, 0.4) is 0 Å². The molecule has 19 heavy (non-hydrogen) atoms. The molecular formula is C13H14Cl2N2O2. The predicted molar refractivity (Wildman–Crippen MR) is 75.8 cm³/mol. The SMILES string of the molecule is CC(C)CN1CC(=O)N(c2cc(Cl)ccc2Cl)C1=O. The van der Waals surface area contributed by atoms with Crippen molar-refractivity contribution < 1.29 is 9.59 Å². The summed E-state index contributed by atoms with van der Waals surface area (Å²) in [4.78, 5) is 26.9. The third-order valence-electron chi connectivity index (χ3n) is 2.77. The molecule has 4 nitrogen and oxygen atoms in total. The number of carbonyl (C=O) groups is 2. The lowest BCUT2D eigenvalue weighted by Crippen LogP contribution is -2.34. The average Bonchev–Trinajstić information content (AvgIpc) is 2.57. The summed E-state index contributed by atoms with van der Waals surface area (Å²) >= 11 is 11.9. The van der Waals surface area contributed by atoms with E-state index in [2.05, 4.69) is 0 Å². The molecule has 0 aliphatic carbocycles. The third-order valence-corrected chi connectivity index (χ3v) is 3.33. The highest BCUT2D eigenvalue weighted by atomic mass is 35.5. The molecule has 1 aliphatic heterocycles. The van der Waals surface area contributed by atoms with Gasteiger partial charge in [-0.3, -0.25) is 4.79 Å². The number of urea groups is 1. The van der Waals surface area contributed by atoms with Gasteiger partial charge < -0.3 is 4.90 Å². The van der Waals surface area contributed by atoms with Crippen molar-refractivity contribution in [2.24, 2.45) is 5.92 Å². The van der Waals surface area contributed by atoms with Crippen molar-refractivity contribution in [2.45, 2.75) is 13.8 Å². The van der Waals surface area contributed by atoms with Crippen molar-refractivity contribution in [3.63, 3.8) is 0 Å². The number of nitrogens with zero attached hydrogens (tertiary/aromatic N) is 2. The van der Waals surface area contributed by atoms with Crippen molar-refractivity contribution in [3.05, 3.63) is 28.2 Å². The predicted octanol–water partition coefficient (Wildman–Crippen LogP) is 3.42. The summed E-state index contributed by atoms with van der Waals surface area (Å²) in [7, 11) is 0. The topological polar surface area (TPSA) is 40.6 Å².